The predicted molar refractivity (Wildman–Crippen MR) is 63.8 cm³/mol. The van der Waals surface area contributed by atoms with E-state index in [0.717, 1.165) is 36.3 Å². The van der Waals surface area contributed by atoms with Gasteiger partial charge in [0.15, 0.2) is 0 Å². The highest BCUT2D eigenvalue weighted by Crippen LogP contribution is 2.26. The average Bonchev–Trinajstić information content (AvgIpc) is 2.74. The third-order valence-corrected chi connectivity index (χ3v) is 3.19. The lowest BCUT2D eigenvalue weighted by molar-refractivity contribution is 0.408. The molecule has 0 aliphatic carbocycles. The summed E-state index contributed by atoms with van der Waals surface area (Å²) in [6.45, 7) is 0. The number of rotatable bonds is 1. The first-order valence-electron chi connectivity index (χ1n) is 5.83. The van der Waals surface area contributed by atoms with Crippen molar-refractivity contribution in [2.45, 2.75) is 25.4 Å². The van der Waals surface area contributed by atoms with E-state index in [-0.39, 0.29) is 12.0 Å². The molecule has 0 radical (unpaired) electrons. The molecule has 1 aliphatic rings. The Morgan fingerprint density at radius 2 is 2.29 bits per heavy atom. The molecule has 0 fully saturated rings. The van der Waals surface area contributed by atoms with Crippen LogP contribution in [-0.2, 0) is 6.42 Å². The molecule has 1 aliphatic heterocycles. The van der Waals surface area contributed by atoms with Gasteiger partial charge in [-0.2, -0.15) is 0 Å². The zero-order valence-electron chi connectivity index (χ0n) is 9.44. The molecule has 1 aromatic carbocycles. The summed E-state index contributed by atoms with van der Waals surface area (Å²) in [6, 6.07) is 6.50. The molecule has 3 nitrogen and oxygen atoms in total. The molecule has 17 heavy (non-hydrogen) atoms. The first kappa shape index (κ1) is 10.5. The second kappa shape index (κ2) is 3.96. The first-order valence-corrected chi connectivity index (χ1v) is 5.83. The van der Waals surface area contributed by atoms with E-state index < -0.39 is 0 Å². The van der Waals surface area contributed by atoms with Crippen molar-refractivity contribution in [3.63, 3.8) is 0 Å². The van der Waals surface area contributed by atoms with Gasteiger partial charge in [0.2, 0.25) is 0 Å². The number of aromatic nitrogens is 2. The number of fused-ring (bicyclic) bond motifs is 1. The molecule has 88 valence electrons. The smallest absolute Gasteiger partial charge is 0.123 e. The van der Waals surface area contributed by atoms with Gasteiger partial charge >= 0.3 is 0 Å². The number of benzene rings is 1. The summed E-state index contributed by atoms with van der Waals surface area (Å²) >= 11 is 0. The van der Waals surface area contributed by atoms with E-state index >= 15 is 0 Å². The molecule has 0 saturated heterocycles. The fraction of sp³-hybridized carbons (Fsp3) is 0.308. The Balaban J connectivity index is 2.05. The number of hydrogen-bond acceptors (Lipinski definition) is 2. The van der Waals surface area contributed by atoms with Crippen molar-refractivity contribution in [3.05, 3.63) is 42.1 Å². The van der Waals surface area contributed by atoms with Crippen molar-refractivity contribution in [3.8, 4) is 11.3 Å². The lowest BCUT2D eigenvalue weighted by Crippen LogP contribution is -2.24. The van der Waals surface area contributed by atoms with Crippen LogP contribution < -0.4 is 5.73 Å². The highest BCUT2D eigenvalue weighted by Gasteiger charge is 2.18. The zero-order valence-corrected chi connectivity index (χ0v) is 9.44. The maximum absolute atomic E-state index is 13.2. The number of nitrogens with two attached hydrogens (primary N) is 1. The van der Waals surface area contributed by atoms with Crippen LogP contribution in [0.2, 0.25) is 0 Å². The third-order valence-electron chi connectivity index (χ3n) is 3.19. The molecule has 1 unspecified atom stereocenters. The maximum Gasteiger partial charge on any atom is 0.123 e. The van der Waals surface area contributed by atoms with Crippen LogP contribution >= 0.6 is 0 Å². The van der Waals surface area contributed by atoms with Gasteiger partial charge < -0.3 is 10.3 Å². The Morgan fingerprint density at radius 1 is 1.41 bits per heavy atom. The zero-order chi connectivity index (χ0) is 11.8. The number of aryl methyl sites for hydroxylation is 1. The minimum absolute atomic E-state index is 0.00793. The van der Waals surface area contributed by atoms with Crippen LogP contribution in [0.5, 0.6) is 0 Å². The number of nitrogens with zero attached hydrogens (tertiary/aromatic N) is 2. The quantitative estimate of drug-likeness (QED) is 0.819. The minimum Gasteiger partial charge on any atom is -0.318 e. The second-order valence-corrected chi connectivity index (χ2v) is 4.42. The molecule has 0 spiro atoms. The molecule has 1 atom stereocenters. The van der Waals surface area contributed by atoms with Crippen LogP contribution in [0.1, 0.15) is 24.8 Å². The highest BCUT2D eigenvalue weighted by molar-refractivity contribution is 5.58. The van der Waals surface area contributed by atoms with E-state index in [1.807, 2.05) is 16.8 Å². The van der Waals surface area contributed by atoms with Crippen molar-refractivity contribution in [2.24, 2.45) is 5.73 Å². The summed E-state index contributed by atoms with van der Waals surface area (Å²) in [5.41, 5.74) is 7.62. The van der Waals surface area contributed by atoms with Crippen LogP contribution in [0.4, 0.5) is 4.39 Å². The molecule has 0 saturated carbocycles. The molecular weight excluding hydrogens is 217 g/mol. The summed E-state index contributed by atoms with van der Waals surface area (Å²) < 4.78 is 15.2. The molecule has 2 aromatic rings. The average molecular weight is 231 g/mol. The van der Waals surface area contributed by atoms with Gasteiger partial charge in [0.25, 0.3) is 0 Å². The van der Waals surface area contributed by atoms with E-state index in [1.165, 1.54) is 12.1 Å². The van der Waals surface area contributed by atoms with Crippen LogP contribution in [-0.4, -0.2) is 9.55 Å². The van der Waals surface area contributed by atoms with Gasteiger partial charge in [0, 0.05) is 18.2 Å². The van der Waals surface area contributed by atoms with E-state index in [9.17, 15) is 4.39 Å². The summed E-state index contributed by atoms with van der Waals surface area (Å²) in [7, 11) is 0. The van der Waals surface area contributed by atoms with E-state index in [2.05, 4.69) is 4.98 Å². The first-order chi connectivity index (χ1) is 8.24. The SMILES string of the molecule is NC1CCCc2nc(-c3cccc(F)c3)cn21. The Morgan fingerprint density at radius 3 is 3.06 bits per heavy atom. The van der Waals surface area contributed by atoms with Crippen molar-refractivity contribution in [1.82, 2.24) is 9.55 Å². The van der Waals surface area contributed by atoms with Gasteiger partial charge in [-0.15, -0.1) is 0 Å². The Labute approximate surface area is 99.1 Å². The van der Waals surface area contributed by atoms with E-state index in [0.29, 0.717) is 0 Å². The molecule has 0 bridgehead atoms. The van der Waals surface area contributed by atoms with Crippen molar-refractivity contribution < 1.29 is 4.39 Å². The topological polar surface area (TPSA) is 43.8 Å². The summed E-state index contributed by atoms with van der Waals surface area (Å²) in [5.74, 6) is 0.765. The van der Waals surface area contributed by atoms with Gasteiger partial charge in [-0.1, -0.05) is 12.1 Å². The minimum atomic E-state index is -0.238. The highest BCUT2D eigenvalue weighted by atomic mass is 19.1. The fourth-order valence-corrected chi connectivity index (χ4v) is 2.30. The molecule has 3 rings (SSSR count). The van der Waals surface area contributed by atoms with Gasteiger partial charge in [-0.3, -0.25) is 0 Å². The monoisotopic (exact) mass is 231 g/mol. The summed E-state index contributed by atoms with van der Waals surface area (Å²) in [6.07, 6.45) is 4.93. The molecule has 4 heteroatoms. The molecule has 0 amide bonds. The molecule has 2 heterocycles. The summed E-state index contributed by atoms with van der Waals surface area (Å²) in [5, 5.41) is 0. The van der Waals surface area contributed by atoms with Crippen molar-refractivity contribution >= 4 is 0 Å². The summed E-state index contributed by atoms with van der Waals surface area (Å²) in [4.78, 5) is 4.53. The van der Waals surface area contributed by atoms with E-state index in [4.69, 9.17) is 5.73 Å². The van der Waals surface area contributed by atoms with Crippen molar-refractivity contribution in [2.75, 3.05) is 0 Å². The van der Waals surface area contributed by atoms with E-state index in [1.54, 1.807) is 6.07 Å². The molecular formula is C13H14FN3. The number of hydrogen-bond donors (Lipinski definition) is 1. The fourth-order valence-electron chi connectivity index (χ4n) is 2.30. The Hall–Kier alpha value is -1.68. The van der Waals surface area contributed by atoms with Crippen LogP contribution in [0.15, 0.2) is 30.5 Å². The largest absolute Gasteiger partial charge is 0.318 e. The Bertz CT molecular complexity index is 547. The van der Waals surface area contributed by atoms with Gasteiger partial charge in [0.05, 0.1) is 11.9 Å². The lowest BCUT2D eigenvalue weighted by Gasteiger charge is -2.20. The van der Waals surface area contributed by atoms with Crippen molar-refractivity contribution in [1.29, 1.82) is 0 Å². The number of halogens is 1. The van der Waals surface area contributed by atoms with Gasteiger partial charge in [-0.25, -0.2) is 9.37 Å². The number of imidazole rings is 1. The standard InChI is InChI=1S/C13H14FN3/c14-10-4-1-3-9(7-10)11-8-17-12(15)5-2-6-13(17)16-11/h1,3-4,7-8,12H,2,5-6,15H2. The normalized spacial score (nSPS) is 19.1. The maximum atomic E-state index is 13.2. The van der Waals surface area contributed by atoms with Crippen LogP contribution in [0.3, 0.4) is 0 Å². The molecule has 1 aromatic heterocycles. The lowest BCUT2D eigenvalue weighted by atomic mass is 10.1. The van der Waals surface area contributed by atoms with Crippen LogP contribution in [0.25, 0.3) is 11.3 Å². The predicted octanol–water partition coefficient (Wildman–Crippen LogP) is 2.48. The van der Waals surface area contributed by atoms with Gasteiger partial charge in [0.1, 0.15) is 11.6 Å². The third kappa shape index (κ3) is 1.85. The van der Waals surface area contributed by atoms with Crippen LogP contribution in [0, 0.1) is 5.82 Å². The molecule has 2 N–H and O–H groups in total. The second-order valence-electron chi connectivity index (χ2n) is 4.42. The van der Waals surface area contributed by atoms with Gasteiger partial charge in [-0.05, 0) is 25.0 Å². The Kier molecular flexibility index (Phi) is 2.44.